The highest BCUT2D eigenvalue weighted by Gasteiger charge is 2.29. The molecule has 0 spiro atoms. The molecule has 1 saturated carbocycles. The van der Waals surface area contributed by atoms with Crippen LogP contribution in [0.2, 0.25) is 0 Å². The molecule has 1 saturated heterocycles. The zero-order valence-corrected chi connectivity index (χ0v) is 11.3. The highest BCUT2D eigenvalue weighted by Crippen LogP contribution is 2.30. The Morgan fingerprint density at radius 3 is 2.53 bits per heavy atom. The fourth-order valence-electron chi connectivity index (χ4n) is 3.17. The number of aromatic nitrogens is 2. The fraction of sp³-hybridized carbons (Fsp3) is 0.857. The van der Waals surface area contributed by atoms with Gasteiger partial charge < -0.3 is 14.9 Å². The molecule has 2 atom stereocenters. The summed E-state index contributed by atoms with van der Waals surface area (Å²) in [5, 5.41) is 16.9. The number of nitrogens with one attached hydrogen (secondary N) is 1. The maximum Gasteiger partial charge on any atom is 0.243 e. The Bertz CT molecular complexity index is 399. The lowest BCUT2D eigenvalue weighted by Crippen LogP contribution is -2.15. The molecule has 0 bridgehead atoms. The van der Waals surface area contributed by atoms with Crippen molar-refractivity contribution in [2.75, 3.05) is 6.54 Å². The second-order valence-electron chi connectivity index (χ2n) is 5.88. The van der Waals surface area contributed by atoms with E-state index in [0.29, 0.717) is 24.8 Å². The maximum absolute atomic E-state index is 9.53. The van der Waals surface area contributed by atoms with Crippen LogP contribution >= 0.6 is 0 Å². The van der Waals surface area contributed by atoms with Crippen LogP contribution < -0.4 is 5.32 Å². The van der Waals surface area contributed by atoms with Gasteiger partial charge >= 0.3 is 0 Å². The van der Waals surface area contributed by atoms with Crippen LogP contribution in [0.15, 0.2) is 4.52 Å². The van der Waals surface area contributed by atoms with Crippen molar-refractivity contribution in [3.63, 3.8) is 0 Å². The van der Waals surface area contributed by atoms with Gasteiger partial charge in [-0.3, -0.25) is 0 Å². The van der Waals surface area contributed by atoms with E-state index in [4.69, 9.17) is 4.52 Å². The summed E-state index contributed by atoms with van der Waals surface area (Å²) in [7, 11) is 0. The summed E-state index contributed by atoms with van der Waals surface area (Å²) in [6.45, 7) is 0.617. The van der Waals surface area contributed by atoms with Crippen molar-refractivity contribution in [3.8, 4) is 0 Å². The fourth-order valence-corrected chi connectivity index (χ4v) is 3.17. The molecular weight excluding hydrogens is 242 g/mol. The summed E-state index contributed by atoms with van der Waals surface area (Å²) in [5.74, 6) is 1.98. The largest absolute Gasteiger partial charge is 0.392 e. The van der Waals surface area contributed by atoms with Crippen molar-refractivity contribution in [1.29, 1.82) is 0 Å². The van der Waals surface area contributed by atoms with Crippen molar-refractivity contribution < 1.29 is 9.63 Å². The zero-order valence-electron chi connectivity index (χ0n) is 11.3. The smallest absolute Gasteiger partial charge is 0.243 e. The van der Waals surface area contributed by atoms with Gasteiger partial charge in [-0.2, -0.15) is 4.98 Å². The molecular formula is C14H23N3O2. The third-order valence-corrected chi connectivity index (χ3v) is 4.33. The topological polar surface area (TPSA) is 71.2 Å². The van der Waals surface area contributed by atoms with Crippen molar-refractivity contribution in [3.05, 3.63) is 11.7 Å². The first kappa shape index (κ1) is 13.1. The van der Waals surface area contributed by atoms with Crippen molar-refractivity contribution >= 4 is 0 Å². The minimum atomic E-state index is -0.290. The normalized spacial score (nSPS) is 30.2. The van der Waals surface area contributed by atoms with E-state index in [0.717, 1.165) is 5.82 Å². The predicted octanol–water partition coefficient (Wildman–Crippen LogP) is 2.29. The van der Waals surface area contributed by atoms with E-state index < -0.39 is 0 Å². The van der Waals surface area contributed by atoms with E-state index >= 15 is 0 Å². The van der Waals surface area contributed by atoms with Gasteiger partial charge in [-0.15, -0.1) is 0 Å². The number of hydrogen-bond donors (Lipinski definition) is 2. The lowest BCUT2D eigenvalue weighted by Gasteiger charge is -2.15. The molecule has 0 amide bonds. The molecule has 3 rings (SSSR count). The van der Waals surface area contributed by atoms with Crippen molar-refractivity contribution in [1.82, 2.24) is 15.5 Å². The Morgan fingerprint density at radius 1 is 1.11 bits per heavy atom. The molecule has 0 radical (unpaired) electrons. The molecule has 2 N–H and O–H groups in total. The Labute approximate surface area is 113 Å². The van der Waals surface area contributed by atoms with Gasteiger partial charge in [0.25, 0.3) is 0 Å². The quantitative estimate of drug-likeness (QED) is 0.858. The maximum atomic E-state index is 9.53. The van der Waals surface area contributed by atoms with E-state index in [1.807, 2.05) is 0 Å². The molecule has 1 aromatic rings. The number of β-amino-alcohol motifs (C(OH)–C–C–N with tert-alkyl or cyclic N) is 1. The average Bonchev–Trinajstić information content (AvgIpc) is 2.97. The molecule has 1 aromatic heterocycles. The number of nitrogens with zero attached hydrogens (tertiary/aromatic N) is 2. The van der Waals surface area contributed by atoms with Crippen LogP contribution in [0.1, 0.15) is 75.0 Å². The molecule has 1 aliphatic carbocycles. The minimum Gasteiger partial charge on any atom is -0.392 e. The SMILES string of the molecule is O[C@H]1CN[C@@H](c2nc(C3CCCCCCC3)no2)C1. The van der Waals surface area contributed by atoms with Crippen molar-refractivity contribution in [2.24, 2.45) is 0 Å². The minimum absolute atomic E-state index is 0.0322. The molecule has 0 unspecified atom stereocenters. The summed E-state index contributed by atoms with van der Waals surface area (Å²) in [5.41, 5.74) is 0. The van der Waals surface area contributed by atoms with Gasteiger partial charge in [-0.25, -0.2) is 0 Å². The van der Waals surface area contributed by atoms with E-state index in [2.05, 4.69) is 15.5 Å². The average molecular weight is 265 g/mol. The molecule has 2 fully saturated rings. The van der Waals surface area contributed by atoms with E-state index in [1.54, 1.807) is 0 Å². The standard InChI is InChI=1S/C14H23N3O2/c18-11-8-12(15-9-11)14-16-13(17-19-14)10-6-4-2-1-3-5-7-10/h10-12,15,18H,1-9H2/t11-,12-/m1/s1. The molecule has 5 nitrogen and oxygen atoms in total. The molecule has 106 valence electrons. The molecule has 19 heavy (non-hydrogen) atoms. The van der Waals surface area contributed by atoms with Crippen LogP contribution in [0.3, 0.4) is 0 Å². The monoisotopic (exact) mass is 265 g/mol. The molecule has 0 aromatic carbocycles. The first-order valence-electron chi connectivity index (χ1n) is 7.58. The van der Waals surface area contributed by atoms with Gasteiger partial charge in [0.1, 0.15) is 0 Å². The molecule has 5 heteroatoms. The summed E-state index contributed by atoms with van der Waals surface area (Å²) in [4.78, 5) is 4.57. The van der Waals surface area contributed by atoms with Crippen LogP contribution in [0, 0.1) is 0 Å². The van der Waals surface area contributed by atoms with Gasteiger partial charge in [0.2, 0.25) is 5.89 Å². The Hall–Kier alpha value is -0.940. The van der Waals surface area contributed by atoms with Crippen LogP contribution in [0.4, 0.5) is 0 Å². The summed E-state index contributed by atoms with van der Waals surface area (Å²) in [6, 6.07) is 0.0322. The van der Waals surface area contributed by atoms with Gasteiger partial charge in [-0.05, 0) is 19.3 Å². The lowest BCUT2D eigenvalue weighted by atomic mass is 9.91. The van der Waals surface area contributed by atoms with E-state index in [1.165, 1.54) is 44.9 Å². The Balaban J connectivity index is 1.66. The first-order valence-corrected chi connectivity index (χ1v) is 7.58. The third-order valence-electron chi connectivity index (χ3n) is 4.33. The highest BCUT2D eigenvalue weighted by molar-refractivity contribution is 5.01. The van der Waals surface area contributed by atoms with Gasteiger partial charge in [0.15, 0.2) is 5.82 Å². The second-order valence-corrected chi connectivity index (χ2v) is 5.88. The Morgan fingerprint density at radius 2 is 1.84 bits per heavy atom. The predicted molar refractivity (Wildman–Crippen MR) is 70.7 cm³/mol. The van der Waals surface area contributed by atoms with E-state index in [9.17, 15) is 5.11 Å². The number of aliphatic hydroxyl groups is 1. The van der Waals surface area contributed by atoms with Crippen LogP contribution in [0.25, 0.3) is 0 Å². The van der Waals surface area contributed by atoms with Gasteiger partial charge in [-0.1, -0.05) is 37.3 Å². The number of rotatable bonds is 2. The Kier molecular flexibility index (Phi) is 4.13. The van der Waals surface area contributed by atoms with Crippen molar-refractivity contribution in [2.45, 2.75) is 69.4 Å². The van der Waals surface area contributed by atoms with Crippen LogP contribution in [-0.4, -0.2) is 27.9 Å². The third kappa shape index (κ3) is 3.15. The van der Waals surface area contributed by atoms with Gasteiger partial charge in [0.05, 0.1) is 12.1 Å². The molecule has 2 heterocycles. The number of hydrogen-bond acceptors (Lipinski definition) is 5. The summed E-state index contributed by atoms with van der Waals surface area (Å²) < 4.78 is 5.39. The zero-order chi connectivity index (χ0) is 13.1. The molecule has 2 aliphatic rings. The molecule has 1 aliphatic heterocycles. The first-order chi connectivity index (χ1) is 9.33. The lowest BCUT2D eigenvalue weighted by molar-refractivity contribution is 0.191. The number of aliphatic hydroxyl groups excluding tert-OH is 1. The highest BCUT2D eigenvalue weighted by atomic mass is 16.5. The van der Waals surface area contributed by atoms with E-state index in [-0.39, 0.29) is 12.1 Å². The van der Waals surface area contributed by atoms with Crippen LogP contribution in [0.5, 0.6) is 0 Å². The second kappa shape index (κ2) is 6.01. The summed E-state index contributed by atoms with van der Waals surface area (Å²) >= 11 is 0. The van der Waals surface area contributed by atoms with Crippen LogP contribution in [-0.2, 0) is 0 Å². The summed E-state index contributed by atoms with van der Waals surface area (Å²) in [6.07, 6.45) is 9.32. The van der Waals surface area contributed by atoms with Gasteiger partial charge in [0, 0.05) is 12.5 Å².